The van der Waals surface area contributed by atoms with Crippen LogP contribution >= 0.6 is 22.9 Å². The van der Waals surface area contributed by atoms with Crippen molar-refractivity contribution in [2.45, 2.75) is 19.6 Å². The fourth-order valence-electron chi connectivity index (χ4n) is 2.46. The molecule has 3 aromatic rings. The third-order valence-electron chi connectivity index (χ3n) is 3.79. The Morgan fingerprint density at radius 1 is 1.14 bits per heavy atom. The molecule has 2 N–H and O–H groups in total. The Bertz CT molecular complexity index is 974. The van der Waals surface area contributed by atoms with Gasteiger partial charge >= 0.3 is 5.97 Å². The van der Waals surface area contributed by atoms with E-state index in [0.29, 0.717) is 31.9 Å². The van der Waals surface area contributed by atoms with Gasteiger partial charge in [0.2, 0.25) is 6.10 Å². The number of benzene rings is 2. The number of hydrogen-bond donors (Lipinski definition) is 1. The molecule has 3 rings (SSSR count). The topological polar surface area (TPSA) is 91.5 Å². The maximum Gasteiger partial charge on any atom is 0.351 e. The number of ether oxygens (including phenoxy) is 2. The summed E-state index contributed by atoms with van der Waals surface area (Å²) in [4.78, 5) is 28.9. The molecule has 8 heteroatoms. The van der Waals surface area contributed by atoms with Gasteiger partial charge in [0.15, 0.2) is 0 Å². The summed E-state index contributed by atoms with van der Waals surface area (Å²) in [6, 6.07) is 15.6. The maximum atomic E-state index is 12.6. The molecular formula is C20H17ClN2O4S. The number of rotatable bonds is 7. The van der Waals surface area contributed by atoms with E-state index in [-0.39, 0.29) is 6.61 Å². The van der Waals surface area contributed by atoms with Crippen molar-refractivity contribution in [1.29, 1.82) is 0 Å². The van der Waals surface area contributed by atoms with Crippen LogP contribution in [-0.4, -0.2) is 16.9 Å². The van der Waals surface area contributed by atoms with Crippen molar-refractivity contribution in [3.8, 4) is 5.75 Å². The van der Waals surface area contributed by atoms with Gasteiger partial charge in [-0.3, -0.25) is 4.79 Å². The third-order valence-corrected chi connectivity index (χ3v) is 5.15. The van der Waals surface area contributed by atoms with Crippen LogP contribution in [0.1, 0.15) is 32.0 Å². The Balaban J connectivity index is 1.70. The first-order chi connectivity index (χ1) is 13.4. The van der Waals surface area contributed by atoms with Crippen LogP contribution in [0.5, 0.6) is 5.75 Å². The fraction of sp³-hybridized carbons (Fsp3) is 0.150. The van der Waals surface area contributed by atoms with Crippen molar-refractivity contribution in [3.63, 3.8) is 0 Å². The van der Waals surface area contributed by atoms with Crippen LogP contribution < -0.4 is 10.5 Å². The van der Waals surface area contributed by atoms with Gasteiger partial charge in [-0.05, 0) is 31.2 Å². The Morgan fingerprint density at radius 3 is 2.46 bits per heavy atom. The average Bonchev–Trinajstić information content (AvgIpc) is 3.06. The Kier molecular flexibility index (Phi) is 6.28. The van der Waals surface area contributed by atoms with Crippen LogP contribution in [0.3, 0.4) is 0 Å². The van der Waals surface area contributed by atoms with E-state index in [4.69, 9.17) is 26.8 Å². The number of carbonyl (C=O) groups is 2. The lowest BCUT2D eigenvalue weighted by Gasteiger charge is -2.14. The predicted molar refractivity (Wildman–Crippen MR) is 106 cm³/mol. The largest absolute Gasteiger partial charge is 0.486 e. The van der Waals surface area contributed by atoms with Crippen LogP contribution in [-0.2, 0) is 16.1 Å². The zero-order valence-corrected chi connectivity index (χ0v) is 16.5. The van der Waals surface area contributed by atoms with Crippen LogP contribution in [0.2, 0.25) is 5.02 Å². The monoisotopic (exact) mass is 416 g/mol. The van der Waals surface area contributed by atoms with Gasteiger partial charge in [0.1, 0.15) is 22.2 Å². The highest BCUT2D eigenvalue weighted by molar-refractivity contribution is 7.13. The van der Waals surface area contributed by atoms with E-state index in [0.717, 1.165) is 11.3 Å². The summed E-state index contributed by atoms with van der Waals surface area (Å²) in [6.07, 6.45) is -1.16. The van der Waals surface area contributed by atoms with E-state index >= 15 is 0 Å². The van der Waals surface area contributed by atoms with Crippen LogP contribution in [0.15, 0.2) is 54.6 Å². The molecule has 0 saturated carbocycles. The first kappa shape index (κ1) is 19.9. The van der Waals surface area contributed by atoms with Gasteiger partial charge < -0.3 is 15.2 Å². The van der Waals surface area contributed by atoms with E-state index in [1.165, 1.54) is 0 Å². The standard InChI is InChI=1S/C20H17ClN2O4S/c1-12-18(20(25)27-17(19(22)24)13-5-3-2-4-6-13)28-16(23-12)11-26-15-9-7-14(21)8-10-15/h2-10,17H,11H2,1H3,(H2,22,24). The van der Waals surface area contributed by atoms with Gasteiger partial charge in [-0.15, -0.1) is 11.3 Å². The zero-order valence-electron chi connectivity index (χ0n) is 14.9. The number of thiazole rings is 1. The van der Waals surface area contributed by atoms with E-state index in [9.17, 15) is 9.59 Å². The van der Waals surface area contributed by atoms with Crippen molar-refractivity contribution >= 4 is 34.8 Å². The maximum absolute atomic E-state index is 12.6. The normalized spacial score (nSPS) is 11.6. The van der Waals surface area contributed by atoms with Crippen molar-refractivity contribution in [2.75, 3.05) is 0 Å². The smallest absolute Gasteiger partial charge is 0.351 e. The van der Waals surface area contributed by atoms with Crippen LogP contribution in [0.4, 0.5) is 0 Å². The molecule has 2 aromatic carbocycles. The summed E-state index contributed by atoms with van der Waals surface area (Å²) in [5.41, 5.74) is 6.42. The molecule has 0 fully saturated rings. The van der Waals surface area contributed by atoms with Gasteiger partial charge in [0.05, 0.1) is 5.69 Å². The van der Waals surface area contributed by atoms with Crippen molar-refractivity contribution in [3.05, 3.63) is 80.8 Å². The highest BCUT2D eigenvalue weighted by Crippen LogP contribution is 2.25. The van der Waals surface area contributed by atoms with Crippen LogP contribution in [0, 0.1) is 6.92 Å². The molecular weight excluding hydrogens is 400 g/mol. The average molecular weight is 417 g/mol. The van der Waals surface area contributed by atoms with Gasteiger partial charge in [-0.2, -0.15) is 0 Å². The number of hydrogen-bond acceptors (Lipinski definition) is 6. The summed E-state index contributed by atoms with van der Waals surface area (Å²) in [5, 5.41) is 1.22. The predicted octanol–water partition coefficient (Wildman–Crippen LogP) is 4.07. The van der Waals surface area contributed by atoms with Crippen molar-refractivity contribution in [2.24, 2.45) is 5.73 Å². The number of nitrogens with two attached hydrogens (primary N) is 1. The molecule has 1 heterocycles. The van der Waals surface area contributed by atoms with E-state index in [1.807, 2.05) is 0 Å². The fourth-order valence-corrected chi connectivity index (χ4v) is 3.44. The Morgan fingerprint density at radius 2 is 1.82 bits per heavy atom. The molecule has 1 atom stereocenters. The number of aryl methyl sites for hydroxylation is 1. The summed E-state index contributed by atoms with van der Waals surface area (Å²) >= 11 is 7.00. The first-order valence-electron chi connectivity index (χ1n) is 8.34. The number of amides is 1. The van der Waals surface area contributed by atoms with Gasteiger partial charge in [0, 0.05) is 10.6 Å². The first-order valence-corrected chi connectivity index (χ1v) is 9.53. The molecule has 0 radical (unpaired) electrons. The summed E-state index contributed by atoms with van der Waals surface area (Å²) in [6.45, 7) is 1.89. The number of primary amides is 1. The zero-order chi connectivity index (χ0) is 20.1. The number of carbonyl (C=O) groups excluding carboxylic acids is 2. The minimum Gasteiger partial charge on any atom is -0.486 e. The van der Waals surface area contributed by atoms with Gasteiger partial charge in [0.25, 0.3) is 5.91 Å². The van der Waals surface area contributed by atoms with E-state index in [1.54, 1.807) is 61.5 Å². The van der Waals surface area contributed by atoms with Crippen molar-refractivity contribution < 1.29 is 19.1 Å². The highest BCUT2D eigenvalue weighted by Gasteiger charge is 2.26. The third kappa shape index (κ3) is 4.88. The summed E-state index contributed by atoms with van der Waals surface area (Å²) < 4.78 is 11.0. The van der Waals surface area contributed by atoms with Crippen LogP contribution in [0.25, 0.3) is 0 Å². The minimum atomic E-state index is -1.16. The molecule has 0 spiro atoms. The molecule has 0 aliphatic carbocycles. The second kappa shape index (κ2) is 8.86. The minimum absolute atomic E-state index is 0.193. The molecule has 0 aliphatic heterocycles. The Labute approximate surface area is 170 Å². The van der Waals surface area contributed by atoms with Gasteiger partial charge in [-0.25, -0.2) is 9.78 Å². The lowest BCUT2D eigenvalue weighted by Crippen LogP contribution is -2.26. The van der Waals surface area contributed by atoms with Crippen molar-refractivity contribution in [1.82, 2.24) is 4.98 Å². The van der Waals surface area contributed by atoms with E-state index < -0.39 is 18.0 Å². The summed E-state index contributed by atoms with van der Waals surface area (Å²) in [5.74, 6) is -0.757. The molecule has 6 nitrogen and oxygen atoms in total. The number of halogens is 1. The molecule has 28 heavy (non-hydrogen) atoms. The molecule has 0 aliphatic rings. The number of esters is 1. The number of aromatic nitrogens is 1. The van der Waals surface area contributed by atoms with E-state index in [2.05, 4.69) is 4.98 Å². The quantitative estimate of drug-likeness (QED) is 0.586. The molecule has 1 amide bonds. The molecule has 0 bridgehead atoms. The molecule has 0 saturated heterocycles. The second-order valence-electron chi connectivity index (χ2n) is 5.86. The highest BCUT2D eigenvalue weighted by atomic mass is 35.5. The number of nitrogens with zero attached hydrogens (tertiary/aromatic N) is 1. The lowest BCUT2D eigenvalue weighted by atomic mass is 10.1. The SMILES string of the molecule is Cc1nc(COc2ccc(Cl)cc2)sc1C(=O)OC(C(N)=O)c1ccccc1. The summed E-state index contributed by atoms with van der Waals surface area (Å²) in [7, 11) is 0. The van der Waals surface area contributed by atoms with Gasteiger partial charge in [-0.1, -0.05) is 41.9 Å². The Hall–Kier alpha value is -2.90. The molecule has 144 valence electrons. The molecule has 1 aromatic heterocycles. The molecule has 1 unspecified atom stereocenters. The lowest BCUT2D eigenvalue weighted by molar-refractivity contribution is -0.127. The second-order valence-corrected chi connectivity index (χ2v) is 7.38.